The van der Waals surface area contributed by atoms with Crippen LogP contribution in [0.4, 0.5) is 0 Å². The molecule has 2 bridgehead atoms. The lowest BCUT2D eigenvalue weighted by molar-refractivity contribution is 0.125. The van der Waals surface area contributed by atoms with Crippen molar-refractivity contribution in [3.05, 3.63) is 21.9 Å². The third-order valence-electron chi connectivity index (χ3n) is 4.32. The van der Waals surface area contributed by atoms with Gasteiger partial charge in [-0.05, 0) is 49.7 Å². The van der Waals surface area contributed by atoms with Gasteiger partial charge >= 0.3 is 0 Å². The lowest BCUT2D eigenvalue weighted by Gasteiger charge is -2.36. The molecule has 1 aromatic rings. The fraction of sp³-hybridized carbons (Fsp3) is 0.714. The highest BCUT2D eigenvalue weighted by atomic mass is 32.1. The van der Waals surface area contributed by atoms with Gasteiger partial charge in [-0.3, -0.25) is 4.90 Å². The van der Waals surface area contributed by atoms with E-state index < -0.39 is 0 Å². The predicted molar refractivity (Wildman–Crippen MR) is 73.5 cm³/mol. The molecule has 4 rings (SSSR count). The summed E-state index contributed by atoms with van der Waals surface area (Å²) < 4.78 is 0. The molecule has 0 radical (unpaired) electrons. The minimum atomic E-state index is 0.792. The molecule has 2 unspecified atom stereocenters. The summed E-state index contributed by atoms with van der Waals surface area (Å²) in [6.07, 6.45) is 2.84. The van der Waals surface area contributed by atoms with Crippen molar-refractivity contribution in [2.75, 3.05) is 26.7 Å². The van der Waals surface area contributed by atoms with Crippen LogP contribution in [0.3, 0.4) is 0 Å². The predicted octanol–water partition coefficient (Wildman–Crippen LogP) is 2.58. The van der Waals surface area contributed by atoms with Crippen molar-refractivity contribution in [3.63, 3.8) is 0 Å². The van der Waals surface area contributed by atoms with Gasteiger partial charge in [-0.25, -0.2) is 0 Å². The highest BCUT2D eigenvalue weighted by Crippen LogP contribution is 2.30. The van der Waals surface area contributed by atoms with Gasteiger partial charge in [0.1, 0.15) is 0 Å². The first-order chi connectivity index (χ1) is 8.22. The maximum Gasteiger partial charge on any atom is 0.0334 e. The van der Waals surface area contributed by atoms with E-state index in [0.29, 0.717) is 0 Å². The molecular weight excluding hydrogens is 228 g/mol. The monoisotopic (exact) mass is 250 g/mol. The standard InChI is InChI=1S/C14H22N2S/c1-11-5-6-17-14(11)10-16-8-12-3-4-13(16)9-15(2)7-12/h5-6,12-13H,3-4,7-10H2,1-2H3. The van der Waals surface area contributed by atoms with Crippen LogP contribution < -0.4 is 0 Å². The number of hydrogen-bond donors (Lipinski definition) is 0. The van der Waals surface area contributed by atoms with E-state index in [2.05, 4.69) is 35.2 Å². The molecule has 17 heavy (non-hydrogen) atoms. The molecule has 2 nitrogen and oxygen atoms in total. The molecule has 4 heterocycles. The Balaban J connectivity index is 1.74. The minimum Gasteiger partial charge on any atom is -0.304 e. The van der Waals surface area contributed by atoms with E-state index in [9.17, 15) is 0 Å². The Morgan fingerprint density at radius 2 is 2.18 bits per heavy atom. The molecule has 1 aromatic heterocycles. The van der Waals surface area contributed by atoms with E-state index >= 15 is 0 Å². The fourth-order valence-corrected chi connectivity index (χ4v) is 4.29. The zero-order valence-corrected chi connectivity index (χ0v) is 11.7. The van der Waals surface area contributed by atoms with Crippen LogP contribution in [0, 0.1) is 12.8 Å². The summed E-state index contributed by atoms with van der Waals surface area (Å²) in [6.45, 7) is 7.30. The number of fused-ring (bicyclic) bond motifs is 4. The van der Waals surface area contributed by atoms with E-state index in [1.807, 2.05) is 11.3 Å². The quantitative estimate of drug-likeness (QED) is 0.796. The summed E-state index contributed by atoms with van der Waals surface area (Å²) in [7, 11) is 2.28. The second-order valence-corrected chi connectivity index (χ2v) is 6.78. The molecule has 0 spiro atoms. The van der Waals surface area contributed by atoms with E-state index in [1.165, 1.54) is 44.6 Å². The van der Waals surface area contributed by atoms with Crippen LogP contribution in [-0.4, -0.2) is 42.5 Å². The highest BCUT2D eigenvalue weighted by Gasteiger charge is 2.33. The van der Waals surface area contributed by atoms with Crippen molar-refractivity contribution in [2.24, 2.45) is 5.92 Å². The first kappa shape index (κ1) is 11.7. The first-order valence-corrected chi connectivity index (χ1v) is 7.56. The summed E-state index contributed by atoms with van der Waals surface area (Å²) in [4.78, 5) is 6.83. The summed E-state index contributed by atoms with van der Waals surface area (Å²) in [5, 5.41) is 2.23. The average Bonchev–Trinajstić information content (AvgIpc) is 2.53. The number of aryl methyl sites for hydroxylation is 1. The van der Waals surface area contributed by atoms with Crippen molar-refractivity contribution in [1.29, 1.82) is 0 Å². The van der Waals surface area contributed by atoms with Crippen molar-refractivity contribution in [1.82, 2.24) is 9.80 Å². The van der Waals surface area contributed by atoms with Crippen LogP contribution >= 0.6 is 11.3 Å². The van der Waals surface area contributed by atoms with Gasteiger partial charge in [0.2, 0.25) is 0 Å². The smallest absolute Gasteiger partial charge is 0.0334 e. The van der Waals surface area contributed by atoms with Crippen LogP contribution in [0.2, 0.25) is 0 Å². The van der Waals surface area contributed by atoms with Crippen LogP contribution in [0.5, 0.6) is 0 Å². The maximum atomic E-state index is 2.73. The molecule has 0 N–H and O–H groups in total. The van der Waals surface area contributed by atoms with Crippen molar-refractivity contribution < 1.29 is 0 Å². The summed E-state index contributed by atoms with van der Waals surface area (Å²) in [6, 6.07) is 3.04. The van der Waals surface area contributed by atoms with Crippen LogP contribution in [0.1, 0.15) is 23.3 Å². The molecule has 0 saturated carbocycles. The molecule has 0 amide bonds. The zero-order valence-electron chi connectivity index (χ0n) is 10.9. The van der Waals surface area contributed by atoms with E-state index in [0.717, 1.165) is 12.0 Å². The second-order valence-electron chi connectivity index (χ2n) is 5.77. The Labute approximate surface area is 108 Å². The van der Waals surface area contributed by atoms with Crippen molar-refractivity contribution in [2.45, 2.75) is 32.4 Å². The molecule has 0 aliphatic carbocycles. The Hall–Kier alpha value is -0.380. The van der Waals surface area contributed by atoms with Crippen LogP contribution in [0.25, 0.3) is 0 Å². The molecule has 3 saturated heterocycles. The normalized spacial score (nSPS) is 30.7. The number of piperidine rings is 1. The largest absolute Gasteiger partial charge is 0.304 e. The minimum absolute atomic E-state index is 0.792. The Morgan fingerprint density at radius 1 is 1.29 bits per heavy atom. The lowest BCUT2D eigenvalue weighted by Crippen LogP contribution is -2.43. The summed E-state index contributed by atoms with van der Waals surface area (Å²) in [5.41, 5.74) is 1.48. The van der Waals surface area contributed by atoms with Crippen LogP contribution in [-0.2, 0) is 6.54 Å². The molecule has 3 aliphatic rings. The number of nitrogens with zero attached hydrogens (tertiary/aromatic N) is 2. The Morgan fingerprint density at radius 3 is 2.94 bits per heavy atom. The first-order valence-electron chi connectivity index (χ1n) is 6.68. The van der Waals surface area contributed by atoms with E-state index in [1.54, 1.807) is 4.88 Å². The summed E-state index contributed by atoms with van der Waals surface area (Å²) in [5.74, 6) is 0.902. The van der Waals surface area contributed by atoms with Gasteiger partial charge in [-0.2, -0.15) is 0 Å². The van der Waals surface area contributed by atoms with E-state index in [-0.39, 0.29) is 0 Å². The highest BCUT2D eigenvalue weighted by molar-refractivity contribution is 7.10. The third kappa shape index (κ3) is 2.42. The van der Waals surface area contributed by atoms with E-state index in [4.69, 9.17) is 0 Å². The number of likely N-dealkylation sites (N-methyl/N-ethyl adjacent to an activating group) is 1. The van der Waals surface area contributed by atoms with Crippen molar-refractivity contribution in [3.8, 4) is 0 Å². The van der Waals surface area contributed by atoms with Gasteiger partial charge in [0.25, 0.3) is 0 Å². The zero-order chi connectivity index (χ0) is 11.8. The van der Waals surface area contributed by atoms with Gasteiger partial charge in [-0.15, -0.1) is 11.3 Å². The van der Waals surface area contributed by atoms with Gasteiger partial charge in [-0.1, -0.05) is 0 Å². The lowest BCUT2D eigenvalue weighted by atomic mass is 9.95. The van der Waals surface area contributed by atoms with Gasteiger partial charge < -0.3 is 4.90 Å². The topological polar surface area (TPSA) is 6.48 Å². The molecular formula is C14H22N2S. The maximum absolute atomic E-state index is 2.73. The number of hydrogen-bond acceptors (Lipinski definition) is 3. The molecule has 3 heteroatoms. The third-order valence-corrected chi connectivity index (χ3v) is 5.33. The second kappa shape index (κ2) is 4.71. The number of rotatable bonds is 2. The summed E-state index contributed by atoms with van der Waals surface area (Å²) >= 11 is 1.92. The van der Waals surface area contributed by atoms with Crippen LogP contribution in [0.15, 0.2) is 11.4 Å². The Kier molecular flexibility index (Phi) is 3.24. The molecule has 3 fully saturated rings. The molecule has 2 atom stereocenters. The van der Waals surface area contributed by atoms with Gasteiger partial charge in [0.15, 0.2) is 0 Å². The molecule has 0 aromatic carbocycles. The fourth-order valence-electron chi connectivity index (χ4n) is 3.36. The average molecular weight is 250 g/mol. The van der Waals surface area contributed by atoms with Gasteiger partial charge in [0.05, 0.1) is 0 Å². The Bertz CT molecular complexity index is 387. The molecule has 3 aliphatic heterocycles. The van der Waals surface area contributed by atoms with Crippen molar-refractivity contribution >= 4 is 11.3 Å². The molecule has 94 valence electrons. The SMILES string of the molecule is Cc1ccsc1CN1CC2CCC1CN(C)C2. The number of thiophene rings is 1. The van der Waals surface area contributed by atoms with Gasteiger partial charge in [0, 0.05) is 37.1 Å².